The number of hydrogen-bond acceptors (Lipinski definition) is 4. The van der Waals surface area contributed by atoms with Crippen LogP contribution in [0.15, 0.2) is 59.8 Å². The standard InChI is InChI=1S/C17H18N4O3S/c1-13(22)19-14-5-7-16(8-6-14)25(23,24)18-10-9-15-12-21-11-3-2-4-17(21)20-15/h2-8,11-12,18H,9-10H2,1H3,(H,19,22). The summed E-state index contributed by atoms with van der Waals surface area (Å²) in [7, 11) is -3.60. The lowest BCUT2D eigenvalue weighted by atomic mass is 10.3. The number of fused-ring (bicyclic) bond motifs is 1. The Labute approximate surface area is 145 Å². The minimum atomic E-state index is -3.60. The van der Waals surface area contributed by atoms with E-state index in [1.54, 1.807) is 12.1 Å². The van der Waals surface area contributed by atoms with Gasteiger partial charge >= 0.3 is 0 Å². The second kappa shape index (κ2) is 7.04. The van der Waals surface area contributed by atoms with Crippen LogP contribution in [0.2, 0.25) is 0 Å². The Morgan fingerprint density at radius 1 is 1.16 bits per heavy atom. The van der Waals surface area contributed by atoms with Crippen LogP contribution in [0.25, 0.3) is 5.65 Å². The van der Waals surface area contributed by atoms with Gasteiger partial charge < -0.3 is 9.72 Å². The number of nitrogens with one attached hydrogen (secondary N) is 2. The minimum Gasteiger partial charge on any atom is -0.326 e. The number of sulfonamides is 1. The van der Waals surface area contributed by atoms with E-state index in [1.807, 2.05) is 35.0 Å². The molecule has 2 heterocycles. The van der Waals surface area contributed by atoms with E-state index in [2.05, 4.69) is 15.0 Å². The molecule has 3 rings (SSSR count). The number of aromatic nitrogens is 2. The van der Waals surface area contributed by atoms with Gasteiger partial charge in [-0.05, 0) is 36.4 Å². The Balaban J connectivity index is 1.62. The molecule has 8 heteroatoms. The molecule has 0 aliphatic heterocycles. The van der Waals surface area contributed by atoms with Crippen LogP contribution in [0, 0.1) is 0 Å². The van der Waals surface area contributed by atoms with Gasteiger partial charge in [-0.25, -0.2) is 18.1 Å². The van der Waals surface area contributed by atoms with Crippen molar-refractivity contribution in [3.63, 3.8) is 0 Å². The summed E-state index contributed by atoms with van der Waals surface area (Å²) in [5.74, 6) is -0.207. The SMILES string of the molecule is CC(=O)Nc1ccc(S(=O)(=O)NCCc2cn3ccccc3n2)cc1. The fraction of sp³-hybridized carbons (Fsp3) is 0.176. The van der Waals surface area contributed by atoms with Crippen molar-refractivity contribution in [1.29, 1.82) is 0 Å². The highest BCUT2D eigenvalue weighted by Crippen LogP contribution is 2.14. The Morgan fingerprint density at radius 2 is 1.92 bits per heavy atom. The summed E-state index contributed by atoms with van der Waals surface area (Å²) in [4.78, 5) is 15.6. The maximum absolute atomic E-state index is 12.3. The fourth-order valence-electron chi connectivity index (χ4n) is 2.43. The fourth-order valence-corrected chi connectivity index (χ4v) is 3.46. The summed E-state index contributed by atoms with van der Waals surface area (Å²) in [6, 6.07) is 11.7. The molecule has 1 amide bonds. The molecule has 3 aromatic rings. The molecule has 0 unspecified atom stereocenters. The zero-order valence-corrected chi connectivity index (χ0v) is 14.5. The van der Waals surface area contributed by atoms with Gasteiger partial charge in [-0.15, -0.1) is 0 Å². The topological polar surface area (TPSA) is 92.6 Å². The quantitative estimate of drug-likeness (QED) is 0.703. The van der Waals surface area contributed by atoms with E-state index in [1.165, 1.54) is 19.1 Å². The van der Waals surface area contributed by atoms with Gasteiger partial charge in [0.05, 0.1) is 10.6 Å². The predicted octanol–water partition coefficient (Wildman–Crippen LogP) is 1.81. The summed E-state index contributed by atoms with van der Waals surface area (Å²) in [6.45, 7) is 1.64. The number of amides is 1. The van der Waals surface area contributed by atoms with Crippen LogP contribution in [0.4, 0.5) is 5.69 Å². The largest absolute Gasteiger partial charge is 0.326 e. The third-order valence-electron chi connectivity index (χ3n) is 3.57. The number of carbonyl (C=O) groups is 1. The summed E-state index contributed by atoms with van der Waals surface area (Å²) < 4.78 is 29.1. The number of benzene rings is 1. The van der Waals surface area contributed by atoms with Crippen LogP contribution in [-0.2, 0) is 21.2 Å². The third-order valence-corrected chi connectivity index (χ3v) is 5.05. The van der Waals surface area contributed by atoms with Gasteiger partial charge in [0.2, 0.25) is 15.9 Å². The van der Waals surface area contributed by atoms with Crippen molar-refractivity contribution >= 4 is 27.3 Å². The lowest BCUT2D eigenvalue weighted by molar-refractivity contribution is -0.114. The van der Waals surface area contributed by atoms with Gasteiger partial charge in [0.1, 0.15) is 5.65 Å². The molecular formula is C17H18N4O3S. The second-order valence-electron chi connectivity index (χ2n) is 5.55. The van der Waals surface area contributed by atoms with Crippen molar-refractivity contribution in [3.05, 3.63) is 60.6 Å². The van der Waals surface area contributed by atoms with Crippen LogP contribution in [0.3, 0.4) is 0 Å². The summed E-state index contributed by atoms with van der Waals surface area (Å²) in [5.41, 5.74) is 2.19. The maximum atomic E-state index is 12.3. The third kappa shape index (κ3) is 4.23. The molecule has 25 heavy (non-hydrogen) atoms. The van der Waals surface area contributed by atoms with Crippen LogP contribution >= 0.6 is 0 Å². The van der Waals surface area contributed by atoms with Crippen molar-refractivity contribution in [1.82, 2.24) is 14.1 Å². The number of nitrogens with zero attached hydrogens (tertiary/aromatic N) is 2. The van der Waals surface area contributed by atoms with Crippen LogP contribution in [-0.4, -0.2) is 30.3 Å². The molecule has 7 nitrogen and oxygen atoms in total. The van der Waals surface area contributed by atoms with Crippen molar-refractivity contribution in [2.24, 2.45) is 0 Å². The molecule has 130 valence electrons. The molecule has 2 N–H and O–H groups in total. The first kappa shape index (κ1) is 17.1. The molecule has 0 aliphatic carbocycles. The summed E-state index contributed by atoms with van der Waals surface area (Å²) >= 11 is 0. The Kier molecular flexibility index (Phi) is 4.82. The van der Waals surface area contributed by atoms with Gasteiger partial charge in [0, 0.05) is 38.0 Å². The van der Waals surface area contributed by atoms with Crippen LogP contribution in [0.5, 0.6) is 0 Å². The van der Waals surface area contributed by atoms with Crippen molar-refractivity contribution in [3.8, 4) is 0 Å². The van der Waals surface area contributed by atoms with Crippen molar-refractivity contribution in [2.75, 3.05) is 11.9 Å². The highest BCUT2D eigenvalue weighted by Gasteiger charge is 2.13. The van der Waals surface area contributed by atoms with E-state index >= 15 is 0 Å². The Hall–Kier alpha value is -2.71. The molecule has 0 atom stereocenters. The normalized spacial score (nSPS) is 11.6. The first-order valence-corrected chi connectivity index (χ1v) is 9.22. The average molecular weight is 358 g/mol. The number of imidazole rings is 1. The molecule has 0 spiro atoms. The highest BCUT2D eigenvalue weighted by atomic mass is 32.2. The monoisotopic (exact) mass is 358 g/mol. The Morgan fingerprint density at radius 3 is 2.60 bits per heavy atom. The lowest BCUT2D eigenvalue weighted by Gasteiger charge is -2.07. The molecule has 0 saturated carbocycles. The summed E-state index contributed by atoms with van der Waals surface area (Å²) in [5, 5.41) is 2.60. The number of hydrogen-bond donors (Lipinski definition) is 2. The summed E-state index contributed by atoms with van der Waals surface area (Å²) in [6.07, 6.45) is 4.27. The van der Waals surface area contributed by atoms with Crippen molar-refractivity contribution < 1.29 is 13.2 Å². The van der Waals surface area contributed by atoms with Crippen LogP contribution < -0.4 is 10.0 Å². The lowest BCUT2D eigenvalue weighted by Crippen LogP contribution is -2.26. The van der Waals surface area contributed by atoms with E-state index in [0.717, 1.165) is 11.3 Å². The van der Waals surface area contributed by atoms with E-state index in [9.17, 15) is 13.2 Å². The number of carbonyl (C=O) groups excluding carboxylic acids is 1. The number of anilines is 1. The van der Waals surface area contributed by atoms with Gasteiger partial charge in [0.25, 0.3) is 0 Å². The molecule has 0 bridgehead atoms. The minimum absolute atomic E-state index is 0.150. The molecule has 0 fully saturated rings. The van der Waals surface area contributed by atoms with Gasteiger partial charge in [0.15, 0.2) is 0 Å². The van der Waals surface area contributed by atoms with Gasteiger partial charge in [-0.3, -0.25) is 4.79 Å². The number of rotatable bonds is 6. The first-order chi connectivity index (χ1) is 11.9. The second-order valence-corrected chi connectivity index (χ2v) is 7.32. The highest BCUT2D eigenvalue weighted by molar-refractivity contribution is 7.89. The maximum Gasteiger partial charge on any atom is 0.240 e. The molecule has 2 aromatic heterocycles. The van der Waals surface area contributed by atoms with E-state index in [4.69, 9.17) is 0 Å². The average Bonchev–Trinajstić information content (AvgIpc) is 2.97. The van der Waals surface area contributed by atoms with Gasteiger partial charge in [-0.2, -0.15) is 0 Å². The first-order valence-electron chi connectivity index (χ1n) is 7.74. The molecule has 0 saturated heterocycles. The zero-order chi connectivity index (χ0) is 17.9. The molecule has 0 radical (unpaired) electrons. The Bertz CT molecular complexity index is 961. The molecule has 0 aliphatic rings. The number of pyridine rings is 1. The zero-order valence-electron chi connectivity index (χ0n) is 13.6. The molecular weight excluding hydrogens is 340 g/mol. The predicted molar refractivity (Wildman–Crippen MR) is 94.8 cm³/mol. The smallest absolute Gasteiger partial charge is 0.240 e. The molecule has 1 aromatic carbocycles. The van der Waals surface area contributed by atoms with Crippen molar-refractivity contribution in [2.45, 2.75) is 18.2 Å². The van der Waals surface area contributed by atoms with Gasteiger partial charge in [-0.1, -0.05) is 6.07 Å². The van der Waals surface area contributed by atoms with E-state index in [0.29, 0.717) is 12.1 Å². The van der Waals surface area contributed by atoms with Crippen LogP contribution in [0.1, 0.15) is 12.6 Å². The van der Waals surface area contributed by atoms with E-state index in [-0.39, 0.29) is 17.3 Å². The van der Waals surface area contributed by atoms with E-state index < -0.39 is 10.0 Å².